The third kappa shape index (κ3) is 3.66. The molecule has 0 aliphatic carbocycles. The van der Waals surface area contributed by atoms with Gasteiger partial charge in [-0.3, -0.25) is 4.79 Å². The van der Waals surface area contributed by atoms with Crippen LogP contribution in [0.25, 0.3) is 16.6 Å². The average Bonchev–Trinajstić information content (AvgIpc) is 3.12. The zero-order chi connectivity index (χ0) is 21.4. The molecule has 0 atom stereocenters. The predicted molar refractivity (Wildman–Crippen MR) is 111 cm³/mol. The van der Waals surface area contributed by atoms with Crippen LogP contribution in [0.4, 0.5) is 8.78 Å². The molecule has 2 aromatic heterocycles. The van der Waals surface area contributed by atoms with Crippen LogP contribution in [0.1, 0.15) is 15.2 Å². The Balaban J connectivity index is 1.79. The molecule has 0 spiro atoms. The van der Waals surface area contributed by atoms with Crippen LogP contribution in [0.5, 0.6) is 0 Å². The number of carbonyl (C=O) groups is 1. The predicted octanol–water partition coefficient (Wildman–Crippen LogP) is 4.01. The molecule has 2 N–H and O–H groups in total. The number of H-pyrrole nitrogens is 1. The van der Waals surface area contributed by atoms with Crippen LogP contribution in [0.15, 0.2) is 62.3 Å². The summed E-state index contributed by atoms with van der Waals surface area (Å²) in [6.45, 7) is 0. The Morgan fingerprint density at radius 1 is 1.17 bits per heavy atom. The van der Waals surface area contributed by atoms with Gasteiger partial charge in [-0.2, -0.15) is 0 Å². The maximum atomic E-state index is 14.5. The van der Waals surface area contributed by atoms with Gasteiger partial charge in [-0.25, -0.2) is 22.9 Å². The number of hydrogen-bond donors (Lipinski definition) is 2. The molecular formula is C20H12F2N2O4S2. The molecular weight excluding hydrogens is 434 g/mol. The molecule has 6 nitrogen and oxygen atoms in total. The van der Waals surface area contributed by atoms with Crippen molar-refractivity contribution in [3.63, 3.8) is 0 Å². The van der Waals surface area contributed by atoms with Crippen molar-refractivity contribution < 1.29 is 18.7 Å². The van der Waals surface area contributed by atoms with Crippen molar-refractivity contribution in [3.8, 4) is 5.69 Å². The minimum atomic E-state index is -1.31. The van der Waals surface area contributed by atoms with E-state index in [2.05, 4.69) is 4.98 Å². The summed E-state index contributed by atoms with van der Waals surface area (Å²) in [4.78, 5) is 39.5. The Morgan fingerprint density at radius 2 is 1.97 bits per heavy atom. The lowest BCUT2D eigenvalue weighted by Crippen LogP contribution is -2.34. The van der Waals surface area contributed by atoms with E-state index < -0.39 is 23.0 Å². The molecule has 2 aromatic carbocycles. The quantitative estimate of drug-likeness (QED) is 0.452. The van der Waals surface area contributed by atoms with E-state index in [1.807, 2.05) is 0 Å². The second kappa shape index (κ2) is 7.88. The highest BCUT2D eigenvalue weighted by Crippen LogP contribution is 2.27. The number of halogens is 2. The molecule has 4 aromatic rings. The van der Waals surface area contributed by atoms with Crippen LogP contribution in [0.2, 0.25) is 0 Å². The number of aromatic amines is 1. The molecule has 2 heterocycles. The van der Waals surface area contributed by atoms with Crippen LogP contribution in [-0.2, 0) is 5.75 Å². The summed E-state index contributed by atoms with van der Waals surface area (Å²) in [6.07, 6.45) is 0. The molecule has 30 heavy (non-hydrogen) atoms. The van der Waals surface area contributed by atoms with E-state index in [0.29, 0.717) is 20.8 Å². The molecule has 0 saturated carbocycles. The highest BCUT2D eigenvalue weighted by Gasteiger charge is 2.20. The Kier molecular flexibility index (Phi) is 5.27. The number of hydrogen-bond acceptors (Lipinski definition) is 5. The lowest BCUT2D eigenvalue weighted by atomic mass is 10.2. The third-order valence-corrected chi connectivity index (χ3v) is 6.33. The summed E-state index contributed by atoms with van der Waals surface area (Å²) in [5.74, 6) is -2.11. The number of carboxylic acids is 1. The highest BCUT2D eigenvalue weighted by molar-refractivity contribution is 7.98. The zero-order valence-electron chi connectivity index (χ0n) is 15.0. The summed E-state index contributed by atoms with van der Waals surface area (Å²) in [5, 5.41) is 10.5. The fraction of sp³-hybridized carbons (Fsp3) is 0.0500. The van der Waals surface area contributed by atoms with Crippen LogP contribution in [0, 0.1) is 11.6 Å². The first kappa shape index (κ1) is 20.0. The summed E-state index contributed by atoms with van der Waals surface area (Å²) in [6, 6.07) is 9.96. The molecule has 10 heteroatoms. The largest absolute Gasteiger partial charge is 0.477 e. The number of carboxylic acid groups (broad SMARTS) is 1. The van der Waals surface area contributed by atoms with Crippen LogP contribution in [-0.4, -0.2) is 20.6 Å². The van der Waals surface area contributed by atoms with Gasteiger partial charge in [0.1, 0.15) is 16.5 Å². The van der Waals surface area contributed by atoms with Gasteiger partial charge in [0.15, 0.2) is 0 Å². The number of benzene rings is 2. The number of thiophene rings is 1. The number of aromatic carboxylic acids is 1. The monoisotopic (exact) mass is 446 g/mol. The Labute approximate surface area is 175 Å². The van der Waals surface area contributed by atoms with Crippen molar-refractivity contribution in [3.05, 3.63) is 90.8 Å². The second-order valence-electron chi connectivity index (χ2n) is 6.26. The summed E-state index contributed by atoms with van der Waals surface area (Å²) in [7, 11) is 0. The molecule has 4 rings (SSSR count). The fourth-order valence-electron chi connectivity index (χ4n) is 2.96. The van der Waals surface area contributed by atoms with Crippen molar-refractivity contribution in [2.45, 2.75) is 10.6 Å². The van der Waals surface area contributed by atoms with Crippen molar-refractivity contribution in [2.75, 3.05) is 0 Å². The lowest BCUT2D eigenvalue weighted by molar-refractivity contribution is 0.0704. The molecule has 0 bridgehead atoms. The Hall–Kier alpha value is -3.24. The number of aromatic nitrogens is 2. The van der Waals surface area contributed by atoms with Crippen molar-refractivity contribution in [1.82, 2.24) is 9.55 Å². The van der Waals surface area contributed by atoms with Crippen molar-refractivity contribution in [1.29, 1.82) is 0 Å². The van der Waals surface area contributed by atoms with Gasteiger partial charge in [-0.05, 0) is 35.9 Å². The number of thioether (sulfide) groups is 1. The molecule has 0 aliphatic rings. The van der Waals surface area contributed by atoms with Gasteiger partial charge in [0.05, 0.1) is 16.6 Å². The molecule has 0 fully saturated rings. The van der Waals surface area contributed by atoms with E-state index >= 15 is 0 Å². The van der Waals surface area contributed by atoms with Crippen molar-refractivity contribution >= 4 is 40.0 Å². The SMILES string of the molecule is O=C(O)c1scc2[nH]c(=O)n(-c3cc(SCc4cccc(F)c4)ccc3F)c(=O)c12. The molecule has 0 aliphatic heterocycles. The molecule has 0 unspecified atom stereocenters. The van der Waals surface area contributed by atoms with E-state index in [-0.39, 0.29) is 27.3 Å². The molecule has 0 radical (unpaired) electrons. The fourth-order valence-corrected chi connectivity index (χ4v) is 4.66. The first-order valence-electron chi connectivity index (χ1n) is 8.52. The van der Waals surface area contributed by atoms with Gasteiger partial charge in [-0.15, -0.1) is 23.1 Å². The van der Waals surface area contributed by atoms with E-state index in [1.165, 1.54) is 41.4 Å². The minimum Gasteiger partial charge on any atom is -0.477 e. The molecule has 0 amide bonds. The first-order chi connectivity index (χ1) is 14.3. The van der Waals surface area contributed by atoms with Gasteiger partial charge in [0.2, 0.25) is 0 Å². The van der Waals surface area contributed by atoms with E-state index in [1.54, 1.807) is 12.1 Å². The standard InChI is InChI=1S/C20H12F2N2O4S2/c21-11-3-1-2-10(6-11)8-29-12-4-5-13(22)15(7-12)24-18(25)16-14(23-20(24)28)9-30-17(16)19(26)27/h1-7,9H,8H2,(H,23,28)(H,26,27). The number of fused-ring (bicyclic) bond motifs is 1. The van der Waals surface area contributed by atoms with Crippen LogP contribution >= 0.6 is 23.1 Å². The first-order valence-corrected chi connectivity index (χ1v) is 10.4. The summed E-state index contributed by atoms with van der Waals surface area (Å²) >= 11 is 2.07. The third-order valence-electron chi connectivity index (χ3n) is 4.30. The average molecular weight is 446 g/mol. The summed E-state index contributed by atoms with van der Waals surface area (Å²) < 4.78 is 28.5. The number of nitrogens with zero attached hydrogens (tertiary/aromatic N) is 1. The van der Waals surface area contributed by atoms with Crippen LogP contribution < -0.4 is 11.2 Å². The van der Waals surface area contributed by atoms with Gasteiger partial charge in [0, 0.05) is 16.0 Å². The normalized spacial score (nSPS) is 11.1. The smallest absolute Gasteiger partial charge is 0.346 e. The number of nitrogens with one attached hydrogen (secondary N) is 1. The molecule has 0 saturated heterocycles. The van der Waals surface area contributed by atoms with Gasteiger partial charge in [-0.1, -0.05) is 12.1 Å². The minimum absolute atomic E-state index is 0.0840. The van der Waals surface area contributed by atoms with E-state index in [4.69, 9.17) is 0 Å². The topological polar surface area (TPSA) is 92.2 Å². The maximum absolute atomic E-state index is 14.5. The second-order valence-corrected chi connectivity index (χ2v) is 8.19. The molecule has 152 valence electrons. The summed E-state index contributed by atoms with van der Waals surface area (Å²) in [5.41, 5.74) is -1.30. The van der Waals surface area contributed by atoms with Gasteiger partial charge >= 0.3 is 11.7 Å². The number of rotatable bonds is 5. The Morgan fingerprint density at radius 3 is 2.70 bits per heavy atom. The van der Waals surface area contributed by atoms with E-state index in [9.17, 15) is 28.3 Å². The van der Waals surface area contributed by atoms with Crippen LogP contribution in [0.3, 0.4) is 0 Å². The van der Waals surface area contributed by atoms with Gasteiger partial charge in [0.25, 0.3) is 5.56 Å². The van der Waals surface area contributed by atoms with E-state index in [0.717, 1.165) is 17.4 Å². The van der Waals surface area contributed by atoms with Gasteiger partial charge < -0.3 is 10.1 Å². The Bertz CT molecular complexity index is 1410. The highest BCUT2D eigenvalue weighted by atomic mass is 32.2. The maximum Gasteiger partial charge on any atom is 0.346 e. The zero-order valence-corrected chi connectivity index (χ0v) is 16.7. The lowest BCUT2D eigenvalue weighted by Gasteiger charge is -2.09. The van der Waals surface area contributed by atoms with Crippen molar-refractivity contribution in [2.24, 2.45) is 0 Å².